The van der Waals surface area contributed by atoms with Crippen molar-refractivity contribution in [3.05, 3.63) is 81.9 Å². The Kier molecular flexibility index (Phi) is 5.58. The van der Waals surface area contributed by atoms with Gasteiger partial charge in [0.25, 0.3) is 5.56 Å². The van der Waals surface area contributed by atoms with E-state index in [4.69, 9.17) is 0 Å². The second-order valence-electron chi connectivity index (χ2n) is 6.21. The van der Waals surface area contributed by atoms with Gasteiger partial charge in [-0.2, -0.15) is 0 Å². The second kappa shape index (κ2) is 8.05. The molecule has 0 bridgehead atoms. The molecule has 0 atom stereocenters. The van der Waals surface area contributed by atoms with E-state index in [1.165, 1.54) is 5.56 Å². The molecule has 0 aliphatic rings. The zero-order valence-corrected chi connectivity index (χ0v) is 14.4. The number of rotatable bonds is 7. The molecule has 130 valence electrons. The Morgan fingerprint density at radius 1 is 1.12 bits per heavy atom. The van der Waals surface area contributed by atoms with Crippen LogP contribution in [0, 0.1) is 6.92 Å². The number of aryl methyl sites for hydroxylation is 1. The topological polar surface area (TPSA) is 57.8 Å². The first-order valence-corrected chi connectivity index (χ1v) is 8.52. The average Bonchev–Trinajstić information content (AvgIpc) is 2.62. The van der Waals surface area contributed by atoms with Crippen LogP contribution in [0.5, 0.6) is 0 Å². The van der Waals surface area contributed by atoms with Gasteiger partial charge in [0, 0.05) is 31.9 Å². The quantitative estimate of drug-likeness (QED) is 0.717. The number of aliphatic hydroxyl groups is 1. The maximum Gasteiger partial charge on any atom is 0.258 e. The lowest BCUT2D eigenvalue weighted by molar-refractivity contribution is 0.190. The second-order valence-corrected chi connectivity index (χ2v) is 6.21. The summed E-state index contributed by atoms with van der Waals surface area (Å²) in [6.07, 6.45) is 2.63. The number of pyridine rings is 1. The maximum atomic E-state index is 12.3. The summed E-state index contributed by atoms with van der Waals surface area (Å²) in [5, 5.41) is 9.35. The maximum absolute atomic E-state index is 12.3. The Bertz CT molecular complexity index is 890. The van der Waals surface area contributed by atoms with E-state index >= 15 is 0 Å². The molecule has 0 radical (unpaired) electrons. The van der Waals surface area contributed by atoms with Crippen LogP contribution in [0.3, 0.4) is 0 Å². The van der Waals surface area contributed by atoms with Crippen molar-refractivity contribution in [1.82, 2.24) is 14.3 Å². The van der Waals surface area contributed by atoms with Crippen molar-refractivity contribution in [2.24, 2.45) is 0 Å². The molecular formula is C20H23N3O2. The highest BCUT2D eigenvalue weighted by molar-refractivity contribution is 5.46. The van der Waals surface area contributed by atoms with Crippen molar-refractivity contribution in [2.75, 3.05) is 19.7 Å². The Hall–Kier alpha value is -2.50. The summed E-state index contributed by atoms with van der Waals surface area (Å²) in [4.78, 5) is 19.1. The minimum absolute atomic E-state index is 0.0734. The largest absolute Gasteiger partial charge is 0.395 e. The lowest BCUT2D eigenvalue weighted by Crippen LogP contribution is -2.30. The summed E-state index contributed by atoms with van der Waals surface area (Å²) in [5.41, 5.74) is 3.58. The Labute approximate surface area is 147 Å². The van der Waals surface area contributed by atoms with Crippen LogP contribution >= 0.6 is 0 Å². The van der Waals surface area contributed by atoms with Crippen LogP contribution in [-0.2, 0) is 13.0 Å². The molecule has 2 heterocycles. The first kappa shape index (κ1) is 17.3. The van der Waals surface area contributed by atoms with Gasteiger partial charge in [0.15, 0.2) is 0 Å². The summed E-state index contributed by atoms with van der Waals surface area (Å²) < 4.78 is 1.57. The van der Waals surface area contributed by atoms with Crippen molar-refractivity contribution in [2.45, 2.75) is 19.9 Å². The van der Waals surface area contributed by atoms with E-state index in [0.717, 1.165) is 24.2 Å². The zero-order chi connectivity index (χ0) is 17.6. The van der Waals surface area contributed by atoms with Gasteiger partial charge in [0.1, 0.15) is 5.65 Å². The molecule has 0 aliphatic carbocycles. The summed E-state index contributed by atoms with van der Waals surface area (Å²) >= 11 is 0. The molecule has 1 N–H and O–H groups in total. The summed E-state index contributed by atoms with van der Waals surface area (Å²) in [6.45, 7) is 3.95. The molecule has 0 amide bonds. The van der Waals surface area contributed by atoms with Gasteiger partial charge >= 0.3 is 0 Å². The molecule has 3 aromatic rings. The monoisotopic (exact) mass is 337 g/mol. The minimum atomic E-state index is -0.0734. The van der Waals surface area contributed by atoms with Gasteiger partial charge < -0.3 is 5.11 Å². The molecule has 0 saturated carbocycles. The van der Waals surface area contributed by atoms with E-state index < -0.39 is 0 Å². The van der Waals surface area contributed by atoms with Gasteiger partial charge in [0.2, 0.25) is 0 Å². The molecule has 5 nitrogen and oxygen atoms in total. The highest BCUT2D eigenvalue weighted by Crippen LogP contribution is 2.08. The fourth-order valence-electron chi connectivity index (χ4n) is 2.96. The van der Waals surface area contributed by atoms with Crippen molar-refractivity contribution in [3.63, 3.8) is 0 Å². The molecule has 0 saturated heterocycles. The van der Waals surface area contributed by atoms with Crippen molar-refractivity contribution in [3.8, 4) is 0 Å². The van der Waals surface area contributed by atoms with E-state index in [0.29, 0.717) is 18.7 Å². The Morgan fingerprint density at radius 3 is 2.68 bits per heavy atom. The van der Waals surface area contributed by atoms with Crippen LogP contribution in [0.25, 0.3) is 5.65 Å². The normalized spacial score (nSPS) is 11.3. The molecule has 1 aromatic carbocycles. The van der Waals surface area contributed by atoms with Gasteiger partial charge in [-0.1, -0.05) is 36.4 Å². The highest BCUT2D eigenvalue weighted by Gasteiger charge is 2.10. The number of hydrogen-bond acceptors (Lipinski definition) is 4. The average molecular weight is 337 g/mol. The number of aliphatic hydroxyl groups excluding tert-OH is 1. The molecular weight excluding hydrogens is 314 g/mol. The Morgan fingerprint density at radius 2 is 1.92 bits per heavy atom. The van der Waals surface area contributed by atoms with Gasteiger partial charge in [-0.3, -0.25) is 14.1 Å². The lowest BCUT2D eigenvalue weighted by atomic mass is 10.1. The third-order valence-electron chi connectivity index (χ3n) is 4.30. The van der Waals surface area contributed by atoms with Crippen LogP contribution < -0.4 is 5.56 Å². The van der Waals surface area contributed by atoms with Gasteiger partial charge in [-0.15, -0.1) is 0 Å². The summed E-state index contributed by atoms with van der Waals surface area (Å²) in [7, 11) is 0. The molecule has 3 rings (SSSR count). The number of hydrogen-bond donors (Lipinski definition) is 1. The van der Waals surface area contributed by atoms with Crippen LogP contribution in [-0.4, -0.2) is 39.1 Å². The molecule has 0 fully saturated rings. The van der Waals surface area contributed by atoms with Gasteiger partial charge in [-0.25, -0.2) is 4.98 Å². The van der Waals surface area contributed by atoms with E-state index in [9.17, 15) is 9.90 Å². The highest BCUT2D eigenvalue weighted by atomic mass is 16.3. The molecule has 25 heavy (non-hydrogen) atoms. The SMILES string of the molecule is Cc1cccn2c(=O)cc(CN(CCO)CCc3ccccc3)nc12. The van der Waals surface area contributed by atoms with Crippen molar-refractivity contribution in [1.29, 1.82) is 0 Å². The third kappa shape index (κ3) is 4.32. The van der Waals surface area contributed by atoms with Gasteiger partial charge in [-0.05, 0) is 30.5 Å². The number of aromatic nitrogens is 2. The molecule has 0 unspecified atom stereocenters. The van der Waals surface area contributed by atoms with E-state index in [1.807, 2.05) is 37.3 Å². The van der Waals surface area contributed by atoms with Crippen LogP contribution in [0.2, 0.25) is 0 Å². The predicted octanol–water partition coefficient (Wildman–Crippen LogP) is 2.04. The molecule has 0 aliphatic heterocycles. The standard InChI is InChI=1S/C20H23N3O2/c1-16-6-5-10-23-19(25)14-18(21-20(16)23)15-22(12-13-24)11-9-17-7-3-2-4-8-17/h2-8,10,14,24H,9,11-13,15H2,1H3. The summed E-state index contributed by atoms with van der Waals surface area (Å²) in [5.74, 6) is 0. The molecule has 0 spiro atoms. The van der Waals surface area contributed by atoms with Crippen LogP contribution in [0.1, 0.15) is 16.8 Å². The van der Waals surface area contributed by atoms with Crippen LogP contribution in [0.4, 0.5) is 0 Å². The Balaban J connectivity index is 1.78. The van der Waals surface area contributed by atoms with Crippen molar-refractivity contribution >= 4 is 5.65 Å². The molecule has 5 heteroatoms. The van der Waals surface area contributed by atoms with E-state index in [2.05, 4.69) is 22.0 Å². The fourth-order valence-corrected chi connectivity index (χ4v) is 2.96. The summed E-state index contributed by atoms with van der Waals surface area (Å²) in [6, 6.07) is 15.6. The first-order chi connectivity index (χ1) is 12.2. The van der Waals surface area contributed by atoms with Gasteiger partial charge in [0.05, 0.1) is 12.3 Å². The first-order valence-electron chi connectivity index (χ1n) is 8.52. The number of fused-ring (bicyclic) bond motifs is 1. The smallest absolute Gasteiger partial charge is 0.258 e. The zero-order valence-electron chi connectivity index (χ0n) is 14.4. The van der Waals surface area contributed by atoms with Crippen LogP contribution in [0.15, 0.2) is 59.5 Å². The number of nitrogens with zero attached hydrogens (tertiary/aromatic N) is 3. The van der Waals surface area contributed by atoms with E-state index in [1.54, 1.807) is 16.7 Å². The molecule has 2 aromatic heterocycles. The minimum Gasteiger partial charge on any atom is -0.395 e. The van der Waals surface area contributed by atoms with E-state index in [-0.39, 0.29) is 12.2 Å². The number of benzene rings is 1. The predicted molar refractivity (Wildman–Crippen MR) is 98.7 cm³/mol. The lowest BCUT2D eigenvalue weighted by Gasteiger charge is -2.21. The fraction of sp³-hybridized carbons (Fsp3) is 0.300. The van der Waals surface area contributed by atoms with Crippen molar-refractivity contribution < 1.29 is 5.11 Å². The third-order valence-corrected chi connectivity index (χ3v) is 4.30.